The Morgan fingerprint density at radius 3 is 2.54 bits per heavy atom. The van der Waals surface area contributed by atoms with Crippen LogP contribution in [-0.4, -0.2) is 43.6 Å². The summed E-state index contributed by atoms with van der Waals surface area (Å²) in [6, 6.07) is 8.19. The molecule has 4 rings (SSSR count). The minimum absolute atomic E-state index is 0.0496. The summed E-state index contributed by atoms with van der Waals surface area (Å²) in [5, 5.41) is 15.0. The third-order valence-corrected chi connectivity index (χ3v) is 5.05. The number of aryl methyl sites for hydroxylation is 2. The molecule has 26 heavy (non-hydrogen) atoms. The van der Waals surface area contributed by atoms with Crippen LogP contribution < -0.4 is 0 Å². The molecule has 2 aromatic heterocycles. The maximum Gasteiger partial charge on any atom is 0.259 e. The Morgan fingerprint density at radius 2 is 1.85 bits per heavy atom. The third kappa shape index (κ3) is 2.81. The molecule has 1 aliphatic rings. The van der Waals surface area contributed by atoms with Crippen LogP contribution in [0.4, 0.5) is 0 Å². The largest absolute Gasteiger partial charge is 0.493 e. The lowest BCUT2D eigenvalue weighted by atomic mass is 10.0. The lowest BCUT2D eigenvalue weighted by Gasteiger charge is -2.14. The van der Waals surface area contributed by atoms with Gasteiger partial charge in [-0.15, -0.1) is 0 Å². The van der Waals surface area contributed by atoms with Crippen LogP contribution in [0.25, 0.3) is 5.65 Å². The first-order valence-corrected chi connectivity index (χ1v) is 8.95. The molecular weight excluding hydrogens is 328 g/mol. The first-order chi connectivity index (χ1) is 12.5. The molecule has 3 heterocycles. The van der Waals surface area contributed by atoms with E-state index in [1.165, 1.54) is 16.3 Å². The van der Waals surface area contributed by atoms with Gasteiger partial charge in [0.15, 0.2) is 5.65 Å². The highest BCUT2D eigenvalue weighted by atomic mass is 16.3. The van der Waals surface area contributed by atoms with Crippen LogP contribution in [0.3, 0.4) is 0 Å². The lowest BCUT2D eigenvalue weighted by molar-refractivity contribution is 0.0794. The number of fused-ring (bicyclic) bond motifs is 1. The summed E-state index contributed by atoms with van der Waals surface area (Å²) in [4.78, 5) is 19.1. The number of likely N-dealkylation sites (tertiary alicyclic amines) is 1. The molecule has 0 atom stereocenters. The van der Waals surface area contributed by atoms with Crippen LogP contribution in [0.1, 0.15) is 45.6 Å². The van der Waals surface area contributed by atoms with Gasteiger partial charge in [0.2, 0.25) is 5.88 Å². The highest BCUT2D eigenvalue weighted by molar-refractivity contribution is 5.99. The van der Waals surface area contributed by atoms with Crippen molar-refractivity contribution in [3.63, 3.8) is 0 Å². The molecule has 0 aliphatic carbocycles. The summed E-state index contributed by atoms with van der Waals surface area (Å²) in [5.74, 6) is -0.0105. The number of hydrogen-bond donors (Lipinski definition) is 1. The molecule has 0 spiro atoms. The van der Waals surface area contributed by atoms with E-state index >= 15 is 0 Å². The number of rotatable bonds is 3. The molecule has 0 unspecified atom stereocenters. The van der Waals surface area contributed by atoms with Gasteiger partial charge in [-0.3, -0.25) is 4.79 Å². The fourth-order valence-corrected chi connectivity index (χ4v) is 3.48. The molecule has 0 bridgehead atoms. The number of benzene rings is 1. The lowest BCUT2D eigenvalue weighted by Crippen LogP contribution is -2.27. The van der Waals surface area contributed by atoms with E-state index in [9.17, 15) is 9.90 Å². The van der Waals surface area contributed by atoms with Gasteiger partial charge in [-0.25, -0.2) is 4.98 Å². The molecule has 1 fully saturated rings. The number of aromatic hydroxyl groups is 1. The smallest absolute Gasteiger partial charge is 0.259 e. The molecule has 6 heteroatoms. The molecular formula is C20H22N4O2. The van der Waals surface area contributed by atoms with Crippen molar-refractivity contribution >= 4 is 11.6 Å². The van der Waals surface area contributed by atoms with Gasteiger partial charge < -0.3 is 10.0 Å². The zero-order valence-electron chi connectivity index (χ0n) is 15.1. The molecule has 0 saturated carbocycles. The summed E-state index contributed by atoms with van der Waals surface area (Å²) >= 11 is 0. The summed E-state index contributed by atoms with van der Waals surface area (Å²) < 4.78 is 1.37. The van der Waals surface area contributed by atoms with Crippen LogP contribution in [0, 0.1) is 13.8 Å². The second-order valence-corrected chi connectivity index (χ2v) is 6.95. The zero-order chi connectivity index (χ0) is 18.3. The summed E-state index contributed by atoms with van der Waals surface area (Å²) in [5.41, 5.74) is 4.60. The Kier molecular flexibility index (Phi) is 4.11. The normalized spacial score (nSPS) is 14.3. The topological polar surface area (TPSA) is 70.7 Å². The van der Waals surface area contributed by atoms with E-state index in [1.54, 1.807) is 0 Å². The first-order valence-electron chi connectivity index (χ1n) is 8.95. The Bertz CT molecular complexity index is 970. The van der Waals surface area contributed by atoms with Gasteiger partial charge >= 0.3 is 0 Å². The fourth-order valence-electron chi connectivity index (χ4n) is 3.48. The predicted molar refractivity (Wildman–Crippen MR) is 98.5 cm³/mol. The van der Waals surface area contributed by atoms with Crippen LogP contribution >= 0.6 is 0 Å². The summed E-state index contributed by atoms with van der Waals surface area (Å²) in [7, 11) is 0. The van der Waals surface area contributed by atoms with Gasteiger partial charge in [0.05, 0.1) is 6.20 Å². The quantitative estimate of drug-likeness (QED) is 0.788. The van der Waals surface area contributed by atoms with E-state index < -0.39 is 0 Å². The van der Waals surface area contributed by atoms with Gasteiger partial charge in [0.1, 0.15) is 5.56 Å². The van der Waals surface area contributed by atoms with Crippen molar-refractivity contribution in [3.8, 4) is 5.88 Å². The van der Waals surface area contributed by atoms with Gasteiger partial charge in [0, 0.05) is 30.8 Å². The number of carbonyl (C=O) groups is 1. The Hall–Kier alpha value is -2.89. The summed E-state index contributed by atoms with van der Waals surface area (Å²) in [6.07, 6.45) is 4.14. The number of carbonyl (C=O) groups excluding carboxylic acids is 1. The number of aromatic nitrogens is 3. The Labute approximate surface area is 152 Å². The van der Waals surface area contributed by atoms with Crippen molar-refractivity contribution in [2.45, 2.75) is 33.1 Å². The first kappa shape index (κ1) is 16.6. The molecule has 6 nitrogen and oxygen atoms in total. The van der Waals surface area contributed by atoms with Gasteiger partial charge in [-0.2, -0.15) is 9.61 Å². The van der Waals surface area contributed by atoms with E-state index in [1.807, 2.05) is 30.9 Å². The molecule has 1 amide bonds. The van der Waals surface area contributed by atoms with Crippen molar-refractivity contribution < 1.29 is 9.90 Å². The molecule has 0 radical (unpaired) electrons. The minimum atomic E-state index is -0.0601. The van der Waals surface area contributed by atoms with E-state index in [-0.39, 0.29) is 11.8 Å². The maximum absolute atomic E-state index is 12.7. The van der Waals surface area contributed by atoms with E-state index in [0.29, 0.717) is 23.3 Å². The second kappa shape index (κ2) is 6.44. The van der Waals surface area contributed by atoms with Gasteiger partial charge in [-0.05, 0) is 32.3 Å². The van der Waals surface area contributed by atoms with Gasteiger partial charge in [-0.1, -0.05) is 29.8 Å². The van der Waals surface area contributed by atoms with Crippen molar-refractivity contribution in [1.82, 2.24) is 19.5 Å². The maximum atomic E-state index is 12.7. The van der Waals surface area contributed by atoms with Crippen LogP contribution in [0.15, 0.2) is 30.5 Å². The molecule has 1 saturated heterocycles. The Balaban J connectivity index is 1.73. The highest BCUT2D eigenvalue weighted by Gasteiger charge is 2.25. The average molecular weight is 350 g/mol. The van der Waals surface area contributed by atoms with E-state index in [0.717, 1.165) is 37.1 Å². The summed E-state index contributed by atoms with van der Waals surface area (Å²) in [6.45, 7) is 5.45. The molecule has 1 N–H and O–H groups in total. The predicted octanol–water partition coefficient (Wildman–Crippen LogP) is 2.88. The van der Waals surface area contributed by atoms with Crippen molar-refractivity contribution in [2.24, 2.45) is 0 Å². The standard InChI is InChI=1S/C20H22N4O2/c1-13-5-7-15(8-6-13)11-16-14(2)22-18-17(12-21-24(18)20(16)26)19(25)23-9-3-4-10-23/h5-8,12,26H,3-4,9-11H2,1-2H3. The van der Waals surface area contributed by atoms with E-state index in [4.69, 9.17) is 0 Å². The van der Waals surface area contributed by atoms with E-state index in [2.05, 4.69) is 22.2 Å². The highest BCUT2D eigenvalue weighted by Crippen LogP contribution is 2.26. The SMILES string of the molecule is Cc1ccc(Cc2c(C)nc3c(C(=O)N4CCCC4)cnn3c2O)cc1. The van der Waals surface area contributed by atoms with Crippen molar-refractivity contribution in [2.75, 3.05) is 13.1 Å². The average Bonchev–Trinajstić information content (AvgIpc) is 3.29. The molecule has 1 aromatic carbocycles. The van der Waals surface area contributed by atoms with Gasteiger partial charge in [0.25, 0.3) is 5.91 Å². The zero-order valence-corrected chi connectivity index (χ0v) is 15.1. The number of nitrogens with zero attached hydrogens (tertiary/aromatic N) is 4. The van der Waals surface area contributed by atoms with Crippen molar-refractivity contribution in [1.29, 1.82) is 0 Å². The fraction of sp³-hybridized carbons (Fsp3) is 0.350. The minimum Gasteiger partial charge on any atom is -0.493 e. The molecule has 3 aromatic rings. The Morgan fingerprint density at radius 1 is 1.15 bits per heavy atom. The second-order valence-electron chi connectivity index (χ2n) is 6.95. The number of amides is 1. The molecule has 1 aliphatic heterocycles. The van der Waals surface area contributed by atoms with Crippen LogP contribution in [0.2, 0.25) is 0 Å². The van der Waals surface area contributed by atoms with Crippen LogP contribution in [0.5, 0.6) is 5.88 Å². The van der Waals surface area contributed by atoms with Crippen molar-refractivity contribution in [3.05, 3.63) is 58.4 Å². The molecule has 134 valence electrons. The van der Waals surface area contributed by atoms with Crippen LogP contribution in [-0.2, 0) is 6.42 Å². The number of hydrogen-bond acceptors (Lipinski definition) is 4. The monoisotopic (exact) mass is 350 g/mol. The third-order valence-electron chi connectivity index (χ3n) is 5.05.